The molecule has 2 aliphatic heterocycles. The number of epoxide rings is 2. The van der Waals surface area contributed by atoms with Crippen LogP contribution >= 0.6 is 0 Å². The third-order valence-electron chi connectivity index (χ3n) is 3.65. The predicted octanol–water partition coefficient (Wildman–Crippen LogP) is 2.56. The van der Waals surface area contributed by atoms with Crippen molar-refractivity contribution in [1.29, 1.82) is 0 Å². The van der Waals surface area contributed by atoms with E-state index in [1.54, 1.807) is 0 Å². The molecular weight excluding hydrogens is 240 g/mol. The van der Waals surface area contributed by atoms with E-state index in [-0.39, 0.29) is 0 Å². The summed E-state index contributed by atoms with van der Waals surface area (Å²) in [5, 5.41) is 2.45. The quantitative estimate of drug-likeness (QED) is 0.771. The van der Waals surface area contributed by atoms with E-state index in [1.165, 1.54) is 16.3 Å². The highest BCUT2D eigenvalue weighted by Crippen LogP contribution is 2.31. The Balaban J connectivity index is 1.68. The van der Waals surface area contributed by atoms with E-state index in [0.29, 0.717) is 18.8 Å². The lowest BCUT2D eigenvalue weighted by Crippen LogP contribution is -2.05. The van der Waals surface area contributed by atoms with Crippen molar-refractivity contribution < 1.29 is 14.2 Å². The maximum absolute atomic E-state index is 5.86. The second kappa shape index (κ2) is 4.51. The monoisotopic (exact) mass is 256 g/mol. The Bertz CT molecular complexity index is 600. The number of fused-ring (bicyclic) bond motifs is 1. The Morgan fingerprint density at radius 1 is 0.947 bits per heavy atom. The highest BCUT2D eigenvalue weighted by atomic mass is 16.6. The Labute approximate surface area is 112 Å². The maximum atomic E-state index is 5.86. The molecule has 0 aromatic heterocycles. The molecule has 0 aliphatic carbocycles. The molecule has 0 N–H and O–H groups in total. The molecule has 0 amide bonds. The maximum Gasteiger partial charge on any atom is 0.127 e. The first-order valence-corrected chi connectivity index (χ1v) is 6.77. The van der Waals surface area contributed by atoms with Crippen molar-refractivity contribution >= 4 is 10.8 Å². The molecule has 98 valence electrons. The van der Waals surface area contributed by atoms with Crippen molar-refractivity contribution in [3.05, 3.63) is 42.0 Å². The molecule has 19 heavy (non-hydrogen) atoms. The molecule has 4 rings (SSSR count). The smallest absolute Gasteiger partial charge is 0.127 e. The lowest BCUT2D eigenvalue weighted by Gasteiger charge is -2.11. The van der Waals surface area contributed by atoms with Crippen molar-refractivity contribution in [1.82, 2.24) is 0 Å². The molecule has 0 bridgehead atoms. The lowest BCUT2D eigenvalue weighted by atomic mass is 10.0. The zero-order chi connectivity index (χ0) is 12.7. The minimum atomic E-state index is 0.290. The molecule has 0 spiro atoms. The SMILES string of the molecule is c1ccc2c(OCC3CO3)ccc(CC3CO3)c2c1. The first kappa shape index (κ1) is 11.3. The van der Waals surface area contributed by atoms with Gasteiger partial charge in [-0.25, -0.2) is 0 Å². The fourth-order valence-corrected chi connectivity index (χ4v) is 2.42. The summed E-state index contributed by atoms with van der Waals surface area (Å²) in [4.78, 5) is 0. The van der Waals surface area contributed by atoms with E-state index in [9.17, 15) is 0 Å². The highest BCUT2D eigenvalue weighted by molar-refractivity contribution is 5.91. The van der Waals surface area contributed by atoms with Gasteiger partial charge in [0.15, 0.2) is 0 Å². The van der Waals surface area contributed by atoms with Gasteiger partial charge in [0.25, 0.3) is 0 Å². The molecule has 3 nitrogen and oxygen atoms in total. The van der Waals surface area contributed by atoms with Crippen molar-refractivity contribution in [3.63, 3.8) is 0 Å². The van der Waals surface area contributed by atoms with Crippen LogP contribution in [-0.4, -0.2) is 32.0 Å². The van der Waals surface area contributed by atoms with Gasteiger partial charge in [-0.05, 0) is 17.0 Å². The first-order chi connectivity index (χ1) is 9.40. The normalized spacial score (nSPS) is 24.4. The van der Waals surface area contributed by atoms with Crippen LogP contribution in [0.4, 0.5) is 0 Å². The average molecular weight is 256 g/mol. The molecule has 3 heteroatoms. The molecule has 2 heterocycles. The molecule has 0 radical (unpaired) electrons. The number of hydrogen-bond donors (Lipinski definition) is 0. The van der Waals surface area contributed by atoms with E-state index < -0.39 is 0 Å². The van der Waals surface area contributed by atoms with Crippen LogP contribution in [0.15, 0.2) is 36.4 Å². The van der Waals surface area contributed by atoms with Gasteiger partial charge in [-0.3, -0.25) is 0 Å². The van der Waals surface area contributed by atoms with Gasteiger partial charge in [-0.2, -0.15) is 0 Å². The molecular formula is C16H16O3. The number of ether oxygens (including phenoxy) is 3. The van der Waals surface area contributed by atoms with Gasteiger partial charge < -0.3 is 14.2 Å². The summed E-state index contributed by atoms with van der Waals surface area (Å²) < 4.78 is 16.4. The summed E-state index contributed by atoms with van der Waals surface area (Å²) in [5.74, 6) is 0.951. The first-order valence-electron chi connectivity index (χ1n) is 6.77. The van der Waals surface area contributed by atoms with Gasteiger partial charge in [0, 0.05) is 11.8 Å². The number of rotatable bonds is 5. The minimum absolute atomic E-state index is 0.290. The third-order valence-corrected chi connectivity index (χ3v) is 3.65. The van der Waals surface area contributed by atoms with Gasteiger partial charge in [-0.1, -0.05) is 30.3 Å². The Morgan fingerprint density at radius 2 is 1.68 bits per heavy atom. The summed E-state index contributed by atoms with van der Waals surface area (Å²) in [5.41, 5.74) is 1.34. The van der Waals surface area contributed by atoms with Crippen LogP contribution in [0.3, 0.4) is 0 Å². The predicted molar refractivity (Wildman–Crippen MR) is 72.6 cm³/mol. The molecule has 2 fully saturated rings. The minimum Gasteiger partial charge on any atom is -0.490 e. The molecule has 2 atom stereocenters. The van der Waals surface area contributed by atoms with Crippen molar-refractivity contribution in [3.8, 4) is 5.75 Å². The summed E-state index contributed by atoms with van der Waals surface area (Å²) in [7, 11) is 0. The van der Waals surface area contributed by atoms with Gasteiger partial charge >= 0.3 is 0 Å². The Hall–Kier alpha value is -1.58. The average Bonchev–Trinajstić information content (AvgIpc) is 3.33. The van der Waals surface area contributed by atoms with Gasteiger partial charge in [0.2, 0.25) is 0 Å². The van der Waals surface area contributed by atoms with Gasteiger partial charge in [-0.15, -0.1) is 0 Å². The number of benzene rings is 2. The van der Waals surface area contributed by atoms with Crippen LogP contribution in [0.5, 0.6) is 5.75 Å². The Kier molecular flexibility index (Phi) is 2.67. The molecule has 2 aromatic rings. The largest absolute Gasteiger partial charge is 0.490 e. The second-order valence-electron chi connectivity index (χ2n) is 5.19. The van der Waals surface area contributed by atoms with Gasteiger partial charge in [0.1, 0.15) is 18.5 Å². The second-order valence-corrected chi connectivity index (χ2v) is 5.19. The van der Waals surface area contributed by atoms with Crippen LogP contribution in [0, 0.1) is 0 Å². The summed E-state index contributed by atoms with van der Waals surface area (Å²) in [6.07, 6.45) is 1.69. The fraction of sp³-hybridized carbons (Fsp3) is 0.375. The fourth-order valence-electron chi connectivity index (χ4n) is 2.42. The standard InChI is InChI=1S/C16H16O3/c1-2-4-15-14(3-1)11(7-12-8-17-12)5-6-16(15)19-10-13-9-18-13/h1-6,12-13H,7-10H2. The van der Waals surface area contributed by atoms with Crippen LogP contribution < -0.4 is 4.74 Å². The van der Waals surface area contributed by atoms with Crippen LogP contribution in [0.2, 0.25) is 0 Å². The topological polar surface area (TPSA) is 34.3 Å². The van der Waals surface area contributed by atoms with E-state index in [1.807, 2.05) is 0 Å². The van der Waals surface area contributed by atoms with E-state index >= 15 is 0 Å². The van der Waals surface area contributed by atoms with Crippen molar-refractivity contribution in [2.24, 2.45) is 0 Å². The molecule has 0 saturated carbocycles. The lowest BCUT2D eigenvalue weighted by molar-refractivity contribution is 0.265. The van der Waals surface area contributed by atoms with Crippen LogP contribution in [0.25, 0.3) is 10.8 Å². The molecule has 2 unspecified atom stereocenters. The van der Waals surface area contributed by atoms with Crippen molar-refractivity contribution in [2.75, 3.05) is 19.8 Å². The molecule has 2 saturated heterocycles. The van der Waals surface area contributed by atoms with Crippen molar-refractivity contribution in [2.45, 2.75) is 18.6 Å². The summed E-state index contributed by atoms with van der Waals surface area (Å²) in [6, 6.07) is 12.6. The summed E-state index contributed by atoms with van der Waals surface area (Å²) >= 11 is 0. The van der Waals surface area contributed by atoms with Crippen LogP contribution in [-0.2, 0) is 15.9 Å². The molecule has 2 aliphatic rings. The third kappa shape index (κ3) is 2.44. The zero-order valence-corrected chi connectivity index (χ0v) is 10.7. The summed E-state index contributed by atoms with van der Waals surface area (Å²) in [6.45, 7) is 2.37. The molecule has 2 aromatic carbocycles. The zero-order valence-electron chi connectivity index (χ0n) is 10.7. The van der Waals surface area contributed by atoms with E-state index in [2.05, 4.69) is 36.4 Å². The highest BCUT2D eigenvalue weighted by Gasteiger charge is 2.25. The van der Waals surface area contributed by atoms with Crippen LogP contribution in [0.1, 0.15) is 5.56 Å². The van der Waals surface area contributed by atoms with E-state index in [0.717, 1.165) is 25.4 Å². The van der Waals surface area contributed by atoms with Gasteiger partial charge in [0.05, 0.1) is 19.3 Å². The Morgan fingerprint density at radius 3 is 2.42 bits per heavy atom. The van der Waals surface area contributed by atoms with E-state index in [4.69, 9.17) is 14.2 Å². The number of hydrogen-bond acceptors (Lipinski definition) is 3.